The molecule has 3 nitrogen and oxygen atoms in total. The summed E-state index contributed by atoms with van der Waals surface area (Å²) >= 11 is 0. The summed E-state index contributed by atoms with van der Waals surface area (Å²) in [5.41, 5.74) is 0.469. The lowest BCUT2D eigenvalue weighted by Gasteiger charge is -2.25. The Labute approximate surface area is 84.1 Å². The van der Waals surface area contributed by atoms with Crippen molar-refractivity contribution in [2.45, 2.75) is 45.0 Å². The third kappa shape index (κ3) is 1.69. The average molecular weight is 196 g/mol. The molecule has 2 rings (SSSR count). The van der Waals surface area contributed by atoms with Crippen molar-refractivity contribution >= 4 is 5.97 Å². The Morgan fingerprint density at radius 2 is 2.21 bits per heavy atom. The van der Waals surface area contributed by atoms with Gasteiger partial charge in [0.05, 0.1) is 12.2 Å². The fourth-order valence-electron chi connectivity index (χ4n) is 2.06. The Bertz CT molecular complexity index is 272. The molecule has 0 amide bonds. The summed E-state index contributed by atoms with van der Waals surface area (Å²) in [5.74, 6) is 0.0537. The highest BCUT2D eigenvalue weighted by Gasteiger charge is 2.50. The van der Waals surface area contributed by atoms with Gasteiger partial charge in [-0.1, -0.05) is 13.5 Å². The first-order valence-electron chi connectivity index (χ1n) is 5.11. The standard InChI is InChI=1S/C11H16O3/c1-6(2)11(12)14-8-4-5-9-10(13-9)7(8)3/h7-10H,1,4-5H2,2-3H3. The highest BCUT2D eigenvalue weighted by atomic mass is 16.6. The van der Waals surface area contributed by atoms with Crippen LogP contribution in [-0.2, 0) is 14.3 Å². The zero-order valence-corrected chi connectivity index (χ0v) is 8.66. The molecule has 2 fully saturated rings. The topological polar surface area (TPSA) is 38.8 Å². The molecule has 0 aromatic carbocycles. The second kappa shape index (κ2) is 3.39. The number of epoxide rings is 1. The van der Waals surface area contributed by atoms with Gasteiger partial charge in [-0.15, -0.1) is 0 Å². The number of hydrogen-bond acceptors (Lipinski definition) is 3. The third-order valence-electron chi connectivity index (χ3n) is 3.07. The first-order valence-corrected chi connectivity index (χ1v) is 5.11. The zero-order valence-electron chi connectivity index (χ0n) is 8.66. The van der Waals surface area contributed by atoms with Crippen LogP contribution in [0.2, 0.25) is 0 Å². The van der Waals surface area contributed by atoms with Gasteiger partial charge in [0.1, 0.15) is 6.10 Å². The maximum Gasteiger partial charge on any atom is 0.333 e. The van der Waals surface area contributed by atoms with Gasteiger partial charge in [-0.3, -0.25) is 0 Å². The highest BCUT2D eigenvalue weighted by molar-refractivity contribution is 5.87. The summed E-state index contributed by atoms with van der Waals surface area (Å²) in [7, 11) is 0. The molecule has 0 bridgehead atoms. The lowest BCUT2D eigenvalue weighted by molar-refractivity contribution is -0.147. The van der Waals surface area contributed by atoms with Crippen LogP contribution < -0.4 is 0 Å². The van der Waals surface area contributed by atoms with Gasteiger partial charge in [0.15, 0.2) is 0 Å². The van der Waals surface area contributed by atoms with Crippen molar-refractivity contribution in [3.05, 3.63) is 12.2 Å². The van der Waals surface area contributed by atoms with Crippen molar-refractivity contribution < 1.29 is 14.3 Å². The van der Waals surface area contributed by atoms with Crippen LogP contribution in [0.15, 0.2) is 12.2 Å². The second-order valence-corrected chi connectivity index (χ2v) is 4.30. The van der Waals surface area contributed by atoms with Gasteiger partial charge in [-0.05, 0) is 19.8 Å². The highest BCUT2D eigenvalue weighted by Crippen LogP contribution is 2.41. The molecule has 2 aliphatic rings. The lowest BCUT2D eigenvalue weighted by atomic mass is 9.88. The fourth-order valence-corrected chi connectivity index (χ4v) is 2.06. The molecule has 0 spiro atoms. The lowest BCUT2D eigenvalue weighted by Crippen LogP contribution is -2.33. The molecule has 1 aliphatic heterocycles. The Morgan fingerprint density at radius 1 is 1.50 bits per heavy atom. The molecule has 4 unspecified atom stereocenters. The minimum atomic E-state index is -0.277. The van der Waals surface area contributed by atoms with E-state index in [-0.39, 0.29) is 12.1 Å². The largest absolute Gasteiger partial charge is 0.459 e. The maximum atomic E-state index is 11.3. The van der Waals surface area contributed by atoms with Crippen molar-refractivity contribution in [1.82, 2.24) is 0 Å². The Kier molecular flexibility index (Phi) is 2.35. The number of esters is 1. The van der Waals surface area contributed by atoms with E-state index in [0.29, 0.717) is 23.7 Å². The molecule has 0 N–H and O–H groups in total. The molecule has 78 valence electrons. The van der Waals surface area contributed by atoms with Crippen molar-refractivity contribution in [2.75, 3.05) is 0 Å². The summed E-state index contributed by atoms with van der Waals surface area (Å²) in [6.07, 6.45) is 2.71. The number of carbonyl (C=O) groups excluding carboxylic acids is 1. The van der Waals surface area contributed by atoms with E-state index in [1.807, 2.05) is 0 Å². The van der Waals surface area contributed by atoms with Crippen molar-refractivity contribution in [1.29, 1.82) is 0 Å². The molecule has 0 radical (unpaired) electrons. The van der Waals surface area contributed by atoms with Crippen LogP contribution in [0.25, 0.3) is 0 Å². The van der Waals surface area contributed by atoms with Crippen molar-refractivity contribution in [3.8, 4) is 0 Å². The maximum absolute atomic E-state index is 11.3. The van der Waals surface area contributed by atoms with Crippen LogP contribution in [0.3, 0.4) is 0 Å². The Hall–Kier alpha value is -0.830. The molecule has 1 aliphatic carbocycles. The van der Waals surface area contributed by atoms with Crippen molar-refractivity contribution in [2.24, 2.45) is 5.92 Å². The van der Waals surface area contributed by atoms with Gasteiger partial charge in [0.2, 0.25) is 0 Å². The molecular formula is C11H16O3. The van der Waals surface area contributed by atoms with E-state index >= 15 is 0 Å². The Balaban J connectivity index is 1.91. The van der Waals surface area contributed by atoms with Crippen LogP contribution in [0.5, 0.6) is 0 Å². The minimum Gasteiger partial charge on any atom is -0.459 e. The minimum absolute atomic E-state index is 0.0166. The van der Waals surface area contributed by atoms with E-state index in [2.05, 4.69) is 13.5 Å². The molecule has 0 aromatic rings. The molecule has 1 heterocycles. The van der Waals surface area contributed by atoms with Crippen LogP contribution in [-0.4, -0.2) is 24.3 Å². The summed E-state index contributed by atoms with van der Waals surface area (Å²) in [6.45, 7) is 7.33. The Morgan fingerprint density at radius 3 is 2.86 bits per heavy atom. The van der Waals surface area contributed by atoms with E-state index in [0.717, 1.165) is 12.8 Å². The first kappa shape index (κ1) is 9.71. The number of hydrogen-bond donors (Lipinski definition) is 0. The third-order valence-corrected chi connectivity index (χ3v) is 3.07. The summed E-state index contributed by atoms with van der Waals surface area (Å²) < 4.78 is 10.8. The van der Waals surface area contributed by atoms with Crippen LogP contribution in [0.1, 0.15) is 26.7 Å². The molecular weight excluding hydrogens is 180 g/mol. The van der Waals surface area contributed by atoms with Crippen LogP contribution in [0, 0.1) is 5.92 Å². The van der Waals surface area contributed by atoms with E-state index < -0.39 is 0 Å². The second-order valence-electron chi connectivity index (χ2n) is 4.30. The predicted molar refractivity (Wildman–Crippen MR) is 51.8 cm³/mol. The molecule has 3 heteroatoms. The van der Waals surface area contributed by atoms with Crippen LogP contribution >= 0.6 is 0 Å². The van der Waals surface area contributed by atoms with E-state index in [1.54, 1.807) is 6.92 Å². The van der Waals surface area contributed by atoms with Crippen molar-refractivity contribution in [3.63, 3.8) is 0 Å². The molecule has 4 atom stereocenters. The van der Waals surface area contributed by atoms with E-state index in [1.165, 1.54) is 0 Å². The number of ether oxygens (including phenoxy) is 2. The molecule has 1 saturated carbocycles. The smallest absolute Gasteiger partial charge is 0.333 e. The van der Waals surface area contributed by atoms with Gasteiger partial charge in [0.25, 0.3) is 0 Å². The molecule has 1 saturated heterocycles. The fraction of sp³-hybridized carbons (Fsp3) is 0.727. The van der Waals surface area contributed by atoms with Gasteiger partial charge in [-0.25, -0.2) is 4.79 Å². The normalized spacial score (nSPS) is 39.9. The number of fused-ring (bicyclic) bond motifs is 1. The van der Waals surface area contributed by atoms with Crippen LogP contribution in [0.4, 0.5) is 0 Å². The first-order chi connectivity index (χ1) is 6.59. The monoisotopic (exact) mass is 196 g/mol. The van der Waals surface area contributed by atoms with Gasteiger partial charge >= 0.3 is 5.97 Å². The summed E-state index contributed by atoms with van der Waals surface area (Å²) in [6, 6.07) is 0. The van der Waals surface area contributed by atoms with E-state index in [4.69, 9.17) is 9.47 Å². The average Bonchev–Trinajstić information content (AvgIpc) is 2.89. The molecule has 0 aromatic heterocycles. The quantitative estimate of drug-likeness (QED) is 0.383. The molecule has 14 heavy (non-hydrogen) atoms. The zero-order chi connectivity index (χ0) is 10.3. The van der Waals surface area contributed by atoms with Gasteiger partial charge < -0.3 is 9.47 Å². The number of carbonyl (C=O) groups is 1. The predicted octanol–water partition coefficient (Wildman–Crippen LogP) is 1.67. The van der Waals surface area contributed by atoms with E-state index in [9.17, 15) is 4.79 Å². The summed E-state index contributed by atoms with van der Waals surface area (Å²) in [4.78, 5) is 11.3. The SMILES string of the molecule is C=C(C)C(=O)OC1CCC2OC2C1C. The van der Waals surface area contributed by atoms with Gasteiger partial charge in [-0.2, -0.15) is 0 Å². The summed E-state index contributed by atoms with van der Waals surface area (Å²) in [5, 5.41) is 0. The number of rotatable bonds is 2. The van der Waals surface area contributed by atoms with Gasteiger partial charge in [0, 0.05) is 11.5 Å².